The van der Waals surface area contributed by atoms with Crippen molar-refractivity contribution >= 4 is 46.9 Å². The second-order valence-corrected chi connectivity index (χ2v) is 9.56. The van der Waals surface area contributed by atoms with Crippen LogP contribution in [0.2, 0.25) is 0 Å². The van der Waals surface area contributed by atoms with Crippen LogP contribution in [0.25, 0.3) is 0 Å². The summed E-state index contributed by atoms with van der Waals surface area (Å²) < 4.78 is 0. The quantitative estimate of drug-likeness (QED) is 0.618. The van der Waals surface area contributed by atoms with Crippen LogP contribution in [0, 0.1) is 6.92 Å². The summed E-state index contributed by atoms with van der Waals surface area (Å²) in [5.41, 5.74) is 3.32. The summed E-state index contributed by atoms with van der Waals surface area (Å²) in [4.78, 5) is 51.9. The van der Waals surface area contributed by atoms with Crippen LogP contribution < -0.4 is 20.9 Å². The van der Waals surface area contributed by atoms with Gasteiger partial charge >= 0.3 is 6.03 Å². The molecule has 1 saturated heterocycles. The minimum absolute atomic E-state index is 0. The third-order valence-corrected chi connectivity index (χ3v) is 7.13. The molecule has 0 saturated carbocycles. The SMILES string of the molecule is Cc1ccc2c(c1)N(CC(=O)Nc1ccc3c(c1)CC1(C3)NC(=O)NC1=O)C(=O)CCS2.[HH].[HH]. The molecule has 2 aliphatic heterocycles. The molecule has 32 heavy (non-hydrogen) atoms. The summed E-state index contributed by atoms with van der Waals surface area (Å²) in [6, 6.07) is 10.9. The van der Waals surface area contributed by atoms with E-state index in [9.17, 15) is 19.2 Å². The second kappa shape index (κ2) is 7.67. The molecule has 2 heterocycles. The van der Waals surface area contributed by atoms with E-state index in [1.54, 1.807) is 22.7 Å². The molecule has 8 nitrogen and oxygen atoms in total. The maximum absolute atomic E-state index is 12.8. The molecular weight excluding hydrogens is 428 g/mol. The number of carbonyl (C=O) groups excluding carboxylic acids is 4. The Labute approximate surface area is 192 Å². The van der Waals surface area contributed by atoms with E-state index in [4.69, 9.17) is 0 Å². The van der Waals surface area contributed by atoms with Crippen molar-refractivity contribution in [1.82, 2.24) is 10.6 Å². The fourth-order valence-corrected chi connectivity index (χ4v) is 5.50. The van der Waals surface area contributed by atoms with Crippen LogP contribution in [-0.4, -0.2) is 41.6 Å². The van der Waals surface area contributed by atoms with E-state index in [-0.39, 0.29) is 27.1 Å². The van der Waals surface area contributed by atoms with Gasteiger partial charge in [0.1, 0.15) is 12.1 Å². The lowest BCUT2D eigenvalue weighted by Gasteiger charge is -2.22. The summed E-state index contributed by atoms with van der Waals surface area (Å²) in [5.74, 6) is -0.00656. The monoisotopic (exact) mass is 454 g/mol. The van der Waals surface area contributed by atoms with E-state index < -0.39 is 11.6 Å². The van der Waals surface area contributed by atoms with E-state index in [1.165, 1.54) is 0 Å². The van der Waals surface area contributed by atoms with Crippen LogP contribution in [0.3, 0.4) is 0 Å². The Morgan fingerprint density at radius 2 is 1.97 bits per heavy atom. The Bertz CT molecular complexity index is 1190. The number of carbonyl (C=O) groups is 4. The maximum Gasteiger partial charge on any atom is 0.322 e. The highest BCUT2D eigenvalue weighted by molar-refractivity contribution is 7.99. The number of hydrogen-bond donors (Lipinski definition) is 3. The van der Waals surface area contributed by atoms with Crippen molar-refractivity contribution in [2.75, 3.05) is 22.5 Å². The lowest BCUT2D eigenvalue weighted by Crippen LogP contribution is -2.47. The zero-order chi connectivity index (χ0) is 22.5. The first kappa shape index (κ1) is 20.6. The Hall–Kier alpha value is -3.33. The van der Waals surface area contributed by atoms with Crippen molar-refractivity contribution < 1.29 is 22.0 Å². The van der Waals surface area contributed by atoms with Crippen molar-refractivity contribution in [3.8, 4) is 0 Å². The summed E-state index contributed by atoms with van der Waals surface area (Å²) in [5, 5.41) is 7.91. The number of rotatable bonds is 3. The number of urea groups is 1. The first-order chi connectivity index (χ1) is 15.3. The highest BCUT2D eigenvalue weighted by Gasteiger charge is 2.50. The van der Waals surface area contributed by atoms with E-state index in [0.29, 0.717) is 30.7 Å². The molecule has 5 amide bonds. The van der Waals surface area contributed by atoms with Crippen molar-refractivity contribution in [3.63, 3.8) is 0 Å². The molecule has 1 spiro atoms. The third kappa shape index (κ3) is 3.62. The van der Waals surface area contributed by atoms with Crippen LogP contribution in [0.5, 0.6) is 0 Å². The molecule has 1 aliphatic carbocycles. The number of aryl methyl sites for hydroxylation is 1. The maximum atomic E-state index is 12.8. The highest BCUT2D eigenvalue weighted by Crippen LogP contribution is 2.36. The van der Waals surface area contributed by atoms with Crippen molar-refractivity contribution in [3.05, 3.63) is 53.1 Å². The lowest BCUT2D eigenvalue weighted by atomic mass is 9.96. The highest BCUT2D eigenvalue weighted by atomic mass is 32.2. The molecule has 0 bridgehead atoms. The molecule has 5 rings (SSSR count). The first-order valence-corrected chi connectivity index (χ1v) is 11.4. The zero-order valence-corrected chi connectivity index (χ0v) is 18.3. The van der Waals surface area contributed by atoms with Gasteiger partial charge in [-0.05, 0) is 47.9 Å². The number of nitrogens with zero attached hydrogens (tertiary/aromatic N) is 1. The average Bonchev–Trinajstić information content (AvgIpc) is 3.18. The third-order valence-electron chi connectivity index (χ3n) is 6.07. The number of anilines is 2. The van der Waals surface area contributed by atoms with E-state index in [2.05, 4.69) is 16.0 Å². The zero-order valence-electron chi connectivity index (χ0n) is 17.5. The Morgan fingerprint density at radius 1 is 1.16 bits per heavy atom. The first-order valence-electron chi connectivity index (χ1n) is 10.4. The molecule has 1 atom stereocenters. The van der Waals surface area contributed by atoms with Gasteiger partial charge in [-0.3, -0.25) is 19.7 Å². The fourth-order valence-electron chi connectivity index (χ4n) is 4.53. The predicted molar refractivity (Wildman–Crippen MR) is 125 cm³/mol. The second-order valence-electron chi connectivity index (χ2n) is 8.43. The summed E-state index contributed by atoms with van der Waals surface area (Å²) >= 11 is 1.62. The van der Waals surface area contributed by atoms with Crippen LogP contribution >= 0.6 is 11.8 Å². The molecule has 2 aromatic carbocycles. The van der Waals surface area contributed by atoms with E-state index >= 15 is 0 Å². The number of hydrogen-bond acceptors (Lipinski definition) is 5. The molecular formula is C23H26N4O4S. The minimum Gasteiger partial charge on any atom is -0.325 e. The summed E-state index contributed by atoms with van der Waals surface area (Å²) in [7, 11) is 0. The van der Waals surface area contributed by atoms with Crippen LogP contribution in [0.15, 0.2) is 41.3 Å². The number of thioether (sulfide) groups is 1. The van der Waals surface area contributed by atoms with Crippen LogP contribution in [0.1, 0.15) is 26.0 Å². The summed E-state index contributed by atoms with van der Waals surface area (Å²) in [6.07, 6.45) is 1.17. The molecule has 3 aliphatic rings. The van der Waals surface area contributed by atoms with Gasteiger partial charge < -0.3 is 15.5 Å². The molecule has 3 N–H and O–H groups in total. The smallest absolute Gasteiger partial charge is 0.322 e. The van der Waals surface area contributed by atoms with E-state index in [1.807, 2.05) is 37.3 Å². The molecule has 0 radical (unpaired) electrons. The average molecular weight is 455 g/mol. The molecule has 9 heteroatoms. The number of nitrogens with one attached hydrogen (secondary N) is 3. The fraction of sp³-hybridized carbons (Fsp3) is 0.304. The van der Waals surface area contributed by atoms with Gasteiger partial charge in [0.05, 0.1) is 5.69 Å². The Morgan fingerprint density at radius 3 is 2.75 bits per heavy atom. The predicted octanol–water partition coefficient (Wildman–Crippen LogP) is 2.63. The normalized spacial score (nSPS) is 21.7. The van der Waals surface area contributed by atoms with Crippen LogP contribution in [-0.2, 0) is 27.2 Å². The summed E-state index contributed by atoms with van der Waals surface area (Å²) in [6.45, 7) is 1.89. The molecule has 168 valence electrons. The van der Waals surface area contributed by atoms with Gasteiger partial charge in [-0.2, -0.15) is 0 Å². The van der Waals surface area contributed by atoms with Gasteiger partial charge in [0.25, 0.3) is 5.91 Å². The largest absolute Gasteiger partial charge is 0.325 e. The standard InChI is InChI=1S/C23H22N4O4S.2H2/c1-13-2-5-18-17(8-13)27(20(29)6-7-32-18)12-19(28)24-16-4-3-14-10-23(11-15(14)9-16)21(30)25-22(31)26-23;;/h2-5,8-9H,6-7,10-12H2,1H3,(H,24,28)(H2,25,26,30,31);2*1H. The topological polar surface area (TPSA) is 108 Å². The van der Waals surface area contributed by atoms with E-state index in [0.717, 1.165) is 27.3 Å². The number of benzene rings is 2. The van der Waals surface area contributed by atoms with Gasteiger partial charge in [0, 0.05) is 38.5 Å². The molecule has 2 aromatic rings. The Kier molecular flexibility index (Phi) is 4.93. The van der Waals surface area contributed by atoms with Crippen molar-refractivity contribution in [1.29, 1.82) is 0 Å². The number of fused-ring (bicyclic) bond motifs is 2. The molecule has 1 fully saturated rings. The van der Waals surface area contributed by atoms with Gasteiger partial charge in [0.2, 0.25) is 11.8 Å². The lowest BCUT2D eigenvalue weighted by molar-refractivity contribution is -0.123. The number of imide groups is 1. The number of amides is 5. The Balaban J connectivity index is 0.00000162. The van der Waals surface area contributed by atoms with Gasteiger partial charge in [-0.15, -0.1) is 11.8 Å². The van der Waals surface area contributed by atoms with Crippen molar-refractivity contribution in [2.45, 2.75) is 36.6 Å². The van der Waals surface area contributed by atoms with Gasteiger partial charge in [-0.1, -0.05) is 12.1 Å². The van der Waals surface area contributed by atoms with Gasteiger partial charge in [0.15, 0.2) is 0 Å². The van der Waals surface area contributed by atoms with Crippen molar-refractivity contribution in [2.24, 2.45) is 0 Å². The molecule has 1 unspecified atom stereocenters. The molecule has 0 aromatic heterocycles. The van der Waals surface area contributed by atoms with Gasteiger partial charge in [-0.25, -0.2) is 4.79 Å². The minimum atomic E-state index is -0.945. The van der Waals surface area contributed by atoms with Crippen LogP contribution in [0.4, 0.5) is 16.2 Å².